The molecule has 1 aliphatic heterocycles. The maximum absolute atomic E-state index is 5.10. The van der Waals surface area contributed by atoms with Crippen LogP contribution in [-0.4, -0.2) is 15.2 Å². The van der Waals surface area contributed by atoms with E-state index in [4.69, 9.17) is 12.6 Å². The molecule has 0 radical (unpaired) electrons. The summed E-state index contributed by atoms with van der Waals surface area (Å²) in [4.78, 5) is 0. The summed E-state index contributed by atoms with van der Waals surface area (Å²) >= 11 is 7.19. The predicted octanol–water partition coefficient (Wildman–Crippen LogP) is 5.82. The molecule has 0 aromatic heterocycles. The molecule has 116 valence electrons. The van der Waals surface area contributed by atoms with Gasteiger partial charge in [0.15, 0.2) is 0 Å². The van der Waals surface area contributed by atoms with E-state index in [1.807, 2.05) is 0 Å². The van der Waals surface area contributed by atoms with Gasteiger partial charge in [-0.25, -0.2) is 0 Å². The summed E-state index contributed by atoms with van der Waals surface area (Å²) in [7, 11) is 0. The van der Waals surface area contributed by atoms with Crippen molar-refractivity contribution < 1.29 is 0 Å². The van der Waals surface area contributed by atoms with E-state index in [-0.39, 0.29) is 14.9 Å². The highest BCUT2D eigenvalue weighted by molar-refractivity contribution is 8.00. The summed E-state index contributed by atoms with van der Waals surface area (Å²) < 4.78 is 0.0818. The molecule has 0 aromatic rings. The largest absolute Gasteiger partial charge is 0.164 e. The lowest BCUT2D eigenvalue weighted by molar-refractivity contribution is 0.495. The molecule has 0 aromatic carbocycles. The Morgan fingerprint density at radius 3 is 2.48 bits per heavy atom. The van der Waals surface area contributed by atoms with Crippen molar-refractivity contribution in [1.29, 1.82) is 0 Å². The molecule has 0 amide bonds. The fraction of sp³-hybridized carbons (Fsp3) is 0.684. The second kappa shape index (κ2) is 4.71. The van der Waals surface area contributed by atoms with Gasteiger partial charge in [-0.3, -0.25) is 0 Å². The Morgan fingerprint density at radius 1 is 1.14 bits per heavy atom. The number of rotatable bonds is 0. The first kappa shape index (κ1) is 15.8. The van der Waals surface area contributed by atoms with Crippen LogP contribution in [0.4, 0.5) is 0 Å². The summed E-state index contributed by atoms with van der Waals surface area (Å²) in [5.74, 6) is 1.86. The molecule has 2 unspecified atom stereocenters. The van der Waals surface area contributed by atoms with Crippen molar-refractivity contribution in [1.82, 2.24) is 0 Å². The average Bonchev–Trinajstić information content (AvgIpc) is 2.65. The molecule has 2 heteroatoms. The van der Waals surface area contributed by atoms with Crippen molar-refractivity contribution >= 4 is 24.4 Å². The molecule has 1 saturated heterocycles. The Hall–Kier alpha value is -0.0800. The van der Waals surface area contributed by atoms with E-state index in [1.54, 1.807) is 16.7 Å². The molecule has 0 N–H and O–H groups in total. The van der Waals surface area contributed by atoms with Crippen LogP contribution in [0, 0.1) is 11.3 Å². The van der Waals surface area contributed by atoms with Crippen molar-refractivity contribution in [2.45, 2.75) is 63.9 Å². The molecule has 1 heterocycles. The van der Waals surface area contributed by atoms with Crippen LogP contribution < -0.4 is 0 Å². The van der Waals surface area contributed by atoms with Gasteiger partial charge in [-0.1, -0.05) is 32.9 Å². The lowest BCUT2D eigenvalue weighted by Crippen LogP contribution is -2.36. The van der Waals surface area contributed by atoms with E-state index < -0.39 is 0 Å². The van der Waals surface area contributed by atoms with Crippen LogP contribution in [0.1, 0.15) is 54.4 Å². The van der Waals surface area contributed by atoms with E-state index in [0.29, 0.717) is 5.92 Å². The van der Waals surface area contributed by atoms with Gasteiger partial charge in [0.25, 0.3) is 0 Å². The first-order valence-corrected chi connectivity index (χ1v) is 9.54. The zero-order chi connectivity index (χ0) is 15.6. The minimum atomic E-state index is -0.107. The topological polar surface area (TPSA) is 0 Å². The molecule has 0 saturated carbocycles. The number of thioether (sulfide) groups is 1. The minimum absolute atomic E-state index is 0.107. The third-order valence-corrected chi connectivity index (χ3v) is 7.61. The van der Waals surface area contributed by atoms with Crippen LogP contribution in [0.3, 0.4) is 0 Å². The quantitative estimate of drug-likeness (QED) is 0.549. The second-order valence-electron chi connectivity index (χ2n) is 8.33. The highest BCUT2D eigenvalue weighted by Crippen LogP contribution is 2.56. The van der Waals surface area contributed by atoms with Gasteiger partial charge in [-0.05, 0) is 67.2 Å². The van der Waals surface area contributed by atoms with E-state index in [0.717, 1.165) is 0 Å². The molecule has 21 heavy (non-hydrogen) atoms. The normalized spacial score (nSPS) is 37.4. The minimum Gasteiger partial charge on any atom is -0.164 e. The van der Waals surface area contributed by atoms with E-state index in [9.17, 15) is 0 Å². The molecule has 0 bridgehead atoms. The summed E-state index contributed by atoms with van der Waals surface area (Å²) in [6.07, 6.45) is 7.51. The van der Waals surface area contributed by atoms with Gasteiger partial charge in [-0.2, -0.15) is 24.4 Å². The van der Waals surface area contributed by atoms with Crippen molar-refractivity contribution in [2.75, 3.05) is 5.75 Å². The van der Waals surface area contributed by atoms with Crippen LogP contribution in [-0.2, 0) is 0 Å². The molecule has 3 aliphatic rings. The molecular formula is C19H28S2. The predicted molar refractivity (Wildman–Crippen MR) is 99.3 cm³/mol. The molecule has 0 nitrogen and oxygen atoms in total. The van der Waals surface area contributed by atoms with E-state index >= 15 is 0 Å². The summed E-state index contributed by atoms with van der Waals surface area (Å²) in [6, 6.07) is 0. The number of allylic oxidation sites excluding steroid dienone is 3. The van der Waals surface area contributed by atoms with Crippen molar-refractivity contribution in [2.24, 2.45) is 11.3 Å². The van der Waals surface area contributed by atoms with Crippen molar-refractivity contribution in [3.8, 4) is 0 Å². The highest BCUT2D eigenvalue weighted by atomic mass is 32.2. The Bertz CT molecular complexity index is 570. The molecule has 2 atom stereocenters. The van der Waals surface area contributed by atoms with Gasteiger partial charge < -0.3 is 0 Å². The fourth-order valence-electron chi connectivity index (χ4n) is 4.20. The van der Waals surface area contributed by atoms with Crippen molar-refractivity contribution in [3.05, 3.63) is 34.4 Å². The monoisotopic (exact) mass is 320 g/mol. The van der Waals surface area contributed by atoms with Gasteiger partial charge >= 0.3 is 0 Å². The molecule has 2 aliphatic carbocycles. The molecule has 3 rings (SSSR count). The van der Waals surface area contributed by atoms with Gasteiger partial charge in [-0.15, -0.1) is 0 Å². The van der Waals surface area contributed by atoms with Gasteiger partial charge in [0.1, 0.15) is 0 Å². The zero-order valence-corrected chi connectivity index (χ0v) is 15.9. The van der Waals surface area contributed by atoms with Crippen LogP contribution in [0.25, 0.3) is 0 Å². The Balaban J connectivity index is 2.24. The second-order valence-corrected chi connectivity index (χ2v) is 10.9. The number of hydrogen-bond donors (Lipinski definition) is 1. The Morgan fingerprint density at radius 2 is 1.81 bits per heavy atom. The van der Waals surface area contributed by atoms with Gasteiger partial charge in [0, 0.05) is 10.5 Å². The first-order valence-electron chi connectivity index (χ1n) is 8.10. The molecular weight excluding hydrogens is 292 g/mol. The average molecular weight is 321 g/mol. The van der Waals surface area contributed by atoms with E-state index in [2.05, 4.69) is 65.5 Å². The fourth-order valence-corrected chi connectivity index (χ4v) is 5.90. The molecule has 1 fully saturated rings. The first-order chi connectivity index (χ1) is 9.55. The SMILES string of the molecule is CC1CCC2=C1C(C)(S)C=C1C(=C2)C(C)(C)CSC1(C)C. The number of thiol groups is 1. The summed E-state index contributed by atoms with van der Waals surface area (Å²) in [6.45, 7) is 14.2. The Kier molecular flexibility index (Phi) is 3.54. The van der Waals surface area contributed by atoms with Gasteiger partial charge in [0.2, 0.25) is 0 Å². The Labute approximate surface area is 140 Å². The van der Waals surface area contributed by atoms with Crippen molar-refractivity contribution in [3.63, 3.8) is 0 Å². The maximum Gasteiger partial charge on any atom is 0.0504 e. The van der Waals surface area contributed by atoms with Crippen LogP contribution in [0.15, 0.2) is 34.4 Å². The van der Waals surface area contributed by atoms with Crippen LogP contribution in [0.5, 0.6) is 0 Å². The smallest absolute Gasteiger partial charge is 0.0504 e. The standard InChI is InChI=1S/C19H28S2/c1-12-7-8-13-9-14-15(10-19(6,20)16(12)13)18(4,5)21-11-17(14,2)3/h9-10,12,20H,7-8,11H2,1-6H3. The lowest BCUT2D eigenvalue weighted by atomic mass is 9.76. The number of fused-ring (bicyclic) bond motifs is 1. The summed E-state index contributed by atoms with van der Waals surface area (Å²) in [5.41, 5.74) is 6.46. The highest BCUT2D eigenvalue weighted by Gasteiger charge is 2.44. The maximum atomic E-state index is 5.10. The van der Waals surface area contributed by atoms with E-state index in [1.165, 1.54) is 24.2 Å². The van der Waals surface area contributed by atoms with Gasteiger partial charge in [0.05, 0.1) is 4.75 Å². The molecule has 0 spiro atoms. The third kappa shape index (κ3) is 2.47. The lowest BCUT2D eigenvalue weighted by Gasteiger charge is -2.44. The zero-order valence-electron chi connectivity index (χ0n) is 14.2. The van der Waals surface area contributed by atoms with Crippen LogP contribution in [0.2, 0.25) is 0 Å². The number of hydrogen-bond acceptors (Lipinski definition) is 2. The third-order valence-electron chi connectivity index (χ3n) is 5.44. The summed E-state index contributed by atoms with van der Waals surface area (Å²) in [5, 5.41) is 0. The van der Waals surface area contributed by atoms with Crippen LogP contribution >= 0.6 is 24.4 Å².